The lowest BCUT2D eigenvalue weighted by Gasteiger charge is -2.11. The van der Waals surface area contributed by atoms with Crippen LogP contribution in [-0.4, -0.2) is 24.5 Å². The van der Waals surface area contributed by atoms with Crippen LogP contribution in [0, 0.1) is 17.3 Å². The summed E-state index contributed by atoms with van der Waals surface area (Å²) in [6, 6.07) is 0. The SMILES string of the molecule is C[C@]1(CCCC2CC2)CC1CCN1CC1. The average Bonchev–Trinajstić information content (AvgIpc) is 3.05. The molecule has 0 amide bonds. The molecule has 3 fully saturated rings. The van der Waals surface area contributed by atoms with E-state index in [1.54, 1.807) is 0 Å². The molecular weight excluding hydrogens is 182 g/mol. The third kappa shape index (κ3) is 2.75. The van der Waals surface area contributed by atoms with Gasteiger partial charge in [-0.05, 0) is 43.1 Å². The van der Waals surface area contributed by atoms with Gasteiger partial charge >= 0.3 is 0 Å². The number of hydrogen-bond acceptors (Lipinski definition) is 1. The Morgan fingerprint density at radius 3 is 2.67 bits per heavy atom. The number of nitrogens with zero attached hydrogens (tertiary/aromatic N) is 1. The van der Waals surface area contributed by atoms with Crippen molar-refractivity contribution in [1.29, 1.82) is 0 Å². The van der Waals surface area contributed by atoms with Gasteiger partial charge in [0.2, 0.25) is 0 Å². The maximum absolute atomic E-state index is 2.57. The zero-order chi connectivity index (χ0) is 10.3. The molecule has 0 aromatic heterocycles. The Kier molecular flexibility index (Phi) is 2.54. The second kappa shape index (κ2) is 3.76. The first-order valence-corrected chi connectivity index (χ1v) is 6.99. The summed E-state index contributed by atoms with van der Waals surface area (Å²) in [6.07, 6.45) is 10.7. The van der Waals surface area contributed by atoms with E-state index in [-0.39, 0.29) is 0 Å². The molecule has 1 saturated heterocycles. The minimum Gasteiger partial charge on any atom is -0.301 e. The third-order valence-corrected chi connectivity index (χ3v) is 4.93. The summed E-state index contributed by atoms with van der Waals surface area (Å²) in [5.74, 6) is 2.22. The van der Waals surface area contributed by atoms with Crippen molar-refractivity contribution < 1.29 is 0 Å². The molecule has 0 bridgehead atoms. The van der Waals surface area contributed by atoms with Crippen molar-refractivity contribution in [2.75, 3.05) is 19.6 Å². The summed E-state index contributed by atoms with van der Waals surface area (Å²) in [4.78, 5) is 2.57. The van der Waals surface area contributed by atoms with E-state index in [0.717, 1.165) is 17.3 Å². The van der Waals surface area contributed by atoms with E-state index in [1.807, 2.05) is 0 Å². The summed E-state index contributed by atoms with van der Waals surface area (Å²) in [5, 5.41) is 0. The second-order valence-corrected chi connectivity index (χ2v) is 6.52. The monoisotopic (exact) mass is 207 g/mol. The van der Waals surface area contributed by atoms with Crippen LogP contribution in [0.5, 0.6) is 0 Å². The van der Waals surface area contributed by atoms with Gasteiger partial charge in [0.1, 0.15) is 0 Å². The van der Waals surface area contributed by atoms with Gasteiger partial charge in [0.05, 0.1) is 0 Å². The molecule has 15 heavy (non-hydrogen) atoms. The van der Waals surface area contributed by atoms with Crippen molar-refractivity contribution in [3.8, 4) is 0 Å². The van der Waals surface area contributed by atoms with Crippen molar-refractivity contribution in [2.45, 2.75) is 51.9 Å². The van der Waals surface area contributed by atoms with E-state index in [0.29, 0.717) is 0 Å². The number of hydrogen-bond donors (Lipinski definition) is 0. The Balaban J connectivity index is 1.30. The standard InChI is InChI=1S/C14H25N/c1-14(7-2-3-12-4-5-12)11-13(14)6-8-15-9-10-15/h12-13H,2-11H2,1H3/t13?,14-/m0/s1. The fraction of sp³-hybridized carbons (Fsp3) is 1.00. The average molecular weight is 207 g/mol. The van der Waals surface area contributed by atoms with Crippen LogP contribution in [-0.2, 0) is 0 Å². The fourth-order valence-electron chi connectivity index (χ4n) is 3.09. The quantitative estimate of drug-likeness (QED) is 0.579. The Morgan fingerprint density at radius 1 is 1.20 bits per heavy atom. The topological polar surface area (TPSA) is 3.01 Å². The zero-order valence-electron chi connectivity index (χ0n) is 10.2. The van der Waals surface area contributed by atoms with Crippen molar-refractivity contribution in [3.63, 3.8) is 0 Å². The Labute approximate surface area is 94.2 Å². The first-order chi connectivity index (χ1) is 7.26. The lowest BCUT2D eigenvalue weighted by Crippen LogP contribution is -2.04. The van der Waals surface area contributed by atoms with Crippen LogP contribution in [0.15, 0.2) is 0 Å². The largest absolute Gasteiger partial charge is 0.301 e. The second-order valence-electron chi connectivity index (χ2n) is 6.52. The molecule has 1 heteroatoms. The Morgan fingerprint density at radius 2 is 2.00 bits per heavy atom. The van der Waals surface area contributed by atoms with Gasteiger partial charge in [-0.3, -0.25) is 0 Å². The van der Waals surface area contributed by atoms with E-state index in [4.69, 9.17) is 0 Å². The summed E-state index contributed by atoms with van der Waals surface area (Å²) in [6.45, 7) is 6.69. The van der Waals surface area contributed by atoms with Crippen LogP contribution in [0.1, 0.15) is 51.9 Å². The molecule has 2 saturated carbocycles. The molecule has 0 spiro atoms. The maximum Gasteiger partial charge on any atom is 0.0110 e. The highest BCUT2D eigenvalue weighted by atomic mass is 15.2. The maximum atomic E-state index is 2.57. The molecule has 2 aliphatic carbocycles. The molecule has 1 nitrogen and oxygen atoms in total. The highest BCUT2D eigenvalue weighted by Gasteiger charge is 2.48. The lowest BCUT2D eigenvalue weighted by atomic mass is 9.96. The first kappa shape index (κ1) is 10.1. The predicted molar refractivity (Wildman–Crippen MR) is 63.8 cm³/mol. The lowest BCUT2D eigenvalue weighted by molar-refractivity contribution is 0.399. The smallest absolute Gasteiger partial charge is 0.0110 e. The van der Waals surface area contributed by atoms with Gasteiger partial charge in [0.15, 0.2) is 0 Å². The van der Waals surface area contributed by atoms with Crippen LogP contribution in [0.2, 0.25) is 0 Å². The zero-order valence-corrected chi connectivity index (χ0v) is 10.2. The van der Waals surface area contributed by atoms with Crippen LogP contribution in [0.25, 0.3) is 0 Å². The molecule has 0 N–H and O–H groups in total. The highest BCUT2D eigenvalue weighted by Crippen LogP contribution is 2.57. The molecule has 0 aromatic carbocycles. The molecule has 3 rings (SSSR count). The molecule has 3 aliphatic rings. The molecule has 1 heterocycles. The van der Waals surface area contributed by atoms with Crippen molar-refractivity contribution in [2.24, 2.45) is 17.3 Å². The molecular formula is C14H25N. The van der Waals surface area contributed by atoms with Crippen LogP contribution in [0.4, 0.5) is 0 Å². The van der Waals surface area contributed by atoms with Gasteiger partial charge in [-0.15, -0.1) is 0 Å². The Bertz CT molecular complexity index is 229. The fourth-order valence-corrected chi connectivity index (χ4v) is 3.09. The predicted octanol–water partition coefficient (Wildman–Crippen LogP) is 3.30. The van der Waals surface area contributed by atoms with Crippen molar-refractivity contribution in [1.82, 2.24) is 4.90 Å². The van der Waals surface area contributed by atoms with Gasteiger partial charge in [-0.1, -0.05) is 32.6 Å². The van der Waals surface area contributed by atoms with Gasteiger partial charge < -0.3 is 4.90 Å². The van der Waals surface area contributed by atoms with Gasteiger partial charge in [0.25, 0.3) is 0 Å². The summed E-state index contributed by atoms with van der Waals surface area (Å²) in [5.41, 5.74) is 0.769. The molecule has 1 unspecified atom stereocenters. The van der Waals surface area contributed by atoms with Gasteiger partial charge in [-0.25, -0.2) is 0 Å². The molecule has 0 radical (unpaired) electrons. The molecule has 0 aromatic rings. The van der Waals surface area contributed by atoms with Gasteiger partial charge in [0, 0.05) is 13.1 Å². The molecule has 2 atom stereocenters. The van der Waals surface area contributed by atoms with E-state index >= 15 is 0 Å². The third-order valence-electron chi connectivity index (χ3n) is 4.93. The summed E-state index contributed by atoms with van der Waals surface area (Å²) in [7, 11) is 0. The van der Waals surface area contributed by atoms with E-state index in [2.05, 4.69) is 11.8 Å². The van der Waals surface area contributed by atoms with Crippen molar-refractivity contribution >= 4 is 0 Å². The molecule has 86 valence electrons. The minimum absolute atomic E-state index is 0.769. The van der Waals surface area contributed by atoms with E-state index in [1.165, 1.54) is 64.6 Å². The first-order valence-electron chi connectivity index (χ1n) is 6.99. The summed E-state index contributed by atoms with van der Waals surface area (Å²) < 4.78 is 0. The Hall–Kier alpha value is -0.0400. The van der Waals surface area contributed by atoms with Crippen LogP contribution >= 0.6 is 0 Å². The minimum atomic E-state index is 0.769. The highest BCUT2D eigenvalue weighted by molar-refractivity contribution is 4.99. The molecule has 1 aliphatic heterocycles. The number of rotatable bonds is 7. The van der Waals surface area contributed by atoms with E-state index < -0.39 is 0 Å². The van der Waals surface area contributed by atoms with Crippen LogP contribution in [0.3, 0.4) is 0 Å². The van der Waals surface area contributed by atoms with Gasteiger partial charge in [-0.2, -0.15) is 0 Å². The van der Waals surface area contributed by atoms with Crippen molar-refractivity contribution in [3.05, 3.63) is 0 Å². The van der Waals surface area contributed by atoms with Crippen LogP contribution < -0.4 is 0 Å². The normalized spacial score (nSPS) is 39.4. The summed E-state index contributed by atoms with van der Waals surface area (Å²) >= 11 is 0. The van der Waals surface area contributed by atoms with E-state index in [9.17, 15) is 0 Å².